The number of hydrogen-bond acceptors (Lipinski definition) is 6. The van der Waals surface area contributed by atoms with E-state index in [1.807, 2.05) is 19.1 Å². The maximum Gasteiger partial charge on any atom is 0.242 e. The maximum atomic E-state index is 12.4. The molecule has 2 N–H and O–H groups in total. The van der Waals surface area contributed by atoms with Gasteiger partial charge < -0.3 is 5.32 Å². The summed E-state index contributed by atoms with van der Waals surface area (Å²) in [5, 5.41) is 9.96. The van der Waals surface area contributed by atoms with Gasteiger partial charge in [0.2, 0.25) is 15.9 Å². The van der Waals surface area contributed by atoms with Gasteiger partial charge in [0.1, 0.15) is 10.4 Å². The van der Waals surface area contributed by atoms with E-state index in [1.54, 1.807) is 18.2 Å². The second-order valence-electron chi connectivity index (χ2n) is 5.55. The molecule has 3 aromatic rings. The monoisotopic (exact) mass is 438 g/mol. The number of aryl methyl sites for hydroxylation is 1. The summed E-state index contributed by atoms with van der Waals surface area (Å²) in [5.41, 5.74) is 2.13. The molecule has 0 saturated carbocycles. The molecule has 0 aliphatic rings. The molecule has 10 heteroatoms. The summed E-state index contributed by atoms with van der Waals surface area (Å²) in [5.74, 6) is -0.296. The Labute approximate surface area is 158 Å². The van der Waals surface area contributed by atoms with Crippen molar-refractivity contribution in [2.75, 3.05) is 11.9 Å². The Bertz CT molecular complexity index is 1070. The zero-order valence-electron chi connectivity index (χ0n) is 13.7. The fourth-order valence-corrected chi connectivity index (χ4v) is 3.75. The molecular weight excluding hydrogens is 424 g/mol. The predicted molar refractivity (Wildman–Crippen MR) is 99.1 cm³/mol. The summed E-state index contributed by atoms with van der Waals surface area (Å²) in [7, 11) is -3.84. The van der Waals surface area contributed by atoms with Crippen molar-refractivity contribution in [1.29, 1.82) is 0 Å². The normalized spacial score (nSPS) is 11.6. The van der Waals surface area contributed by atoms with E-state index in [9.17, 15) is 13.2 Å². The number of hydrogen-bond donors (Lipinski definition) is 2. The Hall–Kier alpha value is -2.30. The smallest absolute Gasteiger partial charge is 0.242 e. The van der Waals surface area contributed by atoms with Gasteiger partial charge in [0, 0.05) is 23.1 Å². The number of rotatable bonds is 6. The summed E-state index contributed by atoms with van der Waals surface area (Å²) < 4.78 is 32.7. The topological polar surface area (TPSA) is 114 Å². The van der Waals surface area contributed by atoms with Crippen molar-refractivity contribution in [3.05, 3.63) is 46.4 Å². The first-order valence-corrected chi connectivity index (χ1v) is 9.91. The second-order valence-corrected chi connectivity index (χ2v) is 8.14. The van der Waals surface area contributed by atoms with Gasteiger partial charge in [-0.05, 0) is 53.1 Å². The highest BCUT2D eigenvalue weighted by Crippen LogP contribution is 2.21. The molecule has 3 rings (SSSR count). The number of carbonyl (C=O) groups is 1. The van der Waals surface area contributed by atoms with Crippen LogP contribution in [0.4, 0.5) is 5.69 Å². The van der Waals surface area contributed by atoms with Gasteiger partial charge in [-0.2, -0.15) is 0 Å². The summed E-state index contributed by atoms with van der Waals surface area (Å²) >= 11 is 3.39. The van der Waals surface area contributed by atoms with Gasteiger partial charge in [0.15, 0.2) is 5.52 Å². The molecule has 0 aliphatic heterocycles. The van der Waals surface area contributed by atoms with Crippen LogP contribution in [0.5, 0.6) is 0 Å². The van der Waals surface area contributed by atoms with E-state index in [0.29, 0.717) is 11.2 Å². The highest BCUT2D eigenvalue weighted by molar-refractivity contribution is 9.10. The number of nitrogens with one attached hydrogen (secondary N) is 2. The number of nitrogens with zero attached hydrogens (tertiary/aromatic N) is 2. The highest BCUT2D eigenvalue weighted by atomic mass is 79.9. The molecule has 0 bridgehead atoms. The lowest BCUT2D eigenvalue weighted by Crippen LogP contribution is -2.28. The van der Waals surface area contributed by atoms with E-state index < -0.39 is 10.0 Å². The third-order valence-electron chi connectivity index (χ3n) is 3.62. The van der Waals surface area contributed by atoms with E-state index in [2.05, 4.69) is 40.9 Å². The zero-order valence-corrected chi connectivity index (χ0v) is 16.1. The minimum Gasteiger partial charge on any atom is -0.326 e. The maximum absolute atomic E-state index is 12.4. The van der Waals surface area contributed by atoms with Gasteiger partial charge >= 0.3 is 0 Å². The number of amides is 1. The molecule has 1 heterocycles. The SMILES string of the molecule is Cc1cc(NC(=O)CCNS(=O)(=O)c2cccc3nonc23)ccc1Br. The van der Waals surface area contributed by atoms with Crippen molar-refractivity contribution in [2.24, 2.45) is 0 Å². The number of benzene rings is 2. The number of sulfonamides is 1. The van der Waals surface area contributed by atoms with Crippen LogP contribution < -0.4 is 10.0 Å². The van der Waals surface area contributed by atoms with Crippen molar-refractivity contribution in [2.45, 2.75) is 18.2 Å². The third kappa shape index (κ3) is 4.09. The molecular formula is C16H15BrN4O4S. The standard InChI is InChI=1S/C16H15BrN4O4S/c1-10-9-11(5-6-12(10)17)19-15(22)7-8-18-26(23,24)14-4-2-3-13-16(14)21-25-20-13/h2-6,9,18H,7-8H2,1H3,(H,19,22). The largest absolute Gasteiger partial charge is 0.326 e. The Morgan fingerprint density at radius 2 is 2.04 bits per heavy atom. The van der Waals surface area contributed by atoms with Crippen LogP contribution in [0, 0.1) is 6.92 Å². The first-order chi connectivity index (χ1) is 12.4. The van der Waals surface area contributed by atoms with Crippen LogP contribution in [0.3, 0.4) is 0 Å². The molecule has 1 amide bonds. The van der Waals surface area contributed by atoms with E-state index in [4.69, 9.17) is 0 Å². The van der Waals surface area contributed by atoms with Gasteiger partial charge in [0.05, 0.1) is 0 Å². The van der Waals surface area contributed by atoms with Crippen LogP contribution in [0.25, 0.3) is 11.0 Å². The molecule has 136 valence electrons. The Kier molecular flexibility index (Phi) is 5.35. The van der Waals surface area contributed by atoms with E-state index in [-0.39, 0.29) is 29.3 Å². The molecule has 0 spiro atoms. The van der Waals surface area contributed by atoms with Crippen molar-refractivity contribution in [1.82, 2.24) is 15.0 Å². The number of aromatic nitrogens is 2. The van der Waals surface area contributed by atoms with Crippen LogP contribution in [0.15, 0.2) is 50.4 Å². The highest BCUT2D eigenvalue weighted by Gasteiger charge is 2.20. The number of carbonyl (C=O) groups excluding carboxylic acids is 1. The summed E-state index contributed by atoms with van der Waals surface area (Å²) in [6.45, 7) is 1.86. The Balaban J connectivity index is 1.60. The fourth-order valence-electron chi connectivity index (χ4n) is 2.32. The minimum atomic E-state index is -3.84. The summed E-state index contributed by atoms with van der Waals surface area (Å²) in [6.07, 6.45) is -0.0125. The third-order valence-corrected chi connectivity index (χ3v) is 6.01. The molecule has 0 aliphatic carbocycles. The number of halogens is 1. The van der Waals surface area contributed by atoms with Gasteiger partial charge in [-0.15, -0.1) is 0 Å². The van der Waals surface area contributed by atoms with Crippen LogP contribution in [-0.4, -0.2) is 31.2 Å². The quantitative estimate of drug-likeness (QED) is 0.611. The number of fused-ring (bicyclic) bond motifs is 1. The molecule has 0 radical (unpaired) electrons. The van der Waals surface area contributed by atoms with Gasteiger partial charge in [0.25, 0.3) is 0 Å². The average molecular weight is 439 g/mol. The predicted octanol–water partition coefficient (Wildman–Crippen LogP) is 2.60. The van der Waals surface area contributed by atoms with Gasteiger partial charge in [-0.1, -0.05) is 22.0 Å². The second kappa shape index (κ2) is 7.52. The Morgan fingerprint density at radius 3 is 2.81 bits per heavy atom. The van der Waals surface area contributed by atoms with Crippen LogP contribution in [0.2, 0.25) is 0 Å². The number of anilines is 1. The molecule has 2 aromatic carbocycles. The van der Waals surface area contributed by atoms with Crippen molar-refractivity contribution in [3.8, 4) is 0 Å². The first-order valence-electron chi connectivity index (χ1n) is 7.64. The Morgan fingerprint density at radius 1 is 1.23 bits per heavy atom. The van der Waals surface area contributed by atoms with Crippen molar-refractivity contribution >= 4 is 48.6 Å². The van der Waals surface area contributed by atoms with Crippen molar-refractivity contribution < 1.29 is 17.8 Å². The van der Waals surface area contributed by atoms with E-state index in [1.165, 1.54) is 6.07 Å². The van der Waals surface area contributed by atoms with Crippen LogP contribution >= 0.6 is 15.9 Å². The van der Waals surface area contributed by atoms with E-state index in [0.717, 1.165) is 10.0 Å². The average Bonchev–Trinajstić information content (AvgIpc) is 3.06. The van der Waals surface area contributed by atoms with Crippen LogP contribution in [-0.2, 0) is 14.8 Å². The van der Waals surface area contributed by atoms with Gasteiger partial charge in [-0.3, -0.25) is 4.79 Å². The summed E-state index contributed by atoms with van der Waals surface area (Å²) in [6, 6.07) is 9.96. The molecule has 8 nitrogen and oxygen atoms in total. The molecule has 0 unspecified atom stereocenters. The van der Waals surface area contributed by atoms with Crippen molar-refractivity contribution in [3.63, 3.8) is 0 Å². The molecule has 26 heavy (non-hydrogen) atoms. The lowest BCUT2D eigenvalue weighted by molar-refractivity contribution is -0.116. The zero-order chi connectivity index (χ0) is 18.7. The molecule has 0 atom stereocenters. The molecule has 1 aromatic heterocycles. The van der Waals surface area contributed by atoms with E-state index >= 15 is 0 Å². The lowest BCUT2D eigenvalue weighted by atomic mass is 10.2. The lowest BCUT2D eigenvalue weighted by Gasteiger charge is -2.09. The first kappa shape index (κ1) is 18.5. The minimum absolute atomic E-state index is 0.0125. The van der Waals surface area contributed by atoms with Gasteiger partial charge in [-0.25, -0.2) is 17.8 Å². The fraction of sp³-hybridized carbons (Fsp3) is 0.188. The van der Waals surface area contributed by atoms with Crippen LogP contribution in [0.1, 0.15) is 12.0 Å². The molecule has 0 saturated heterocycles. The molecule has 0 fully saturated rings. The summed E-state index contributed by atoms with van der Waals surface area (Å²) in [4.78, 5) is 12.0.